The Morgan fingerprint density at radius 3 is 2.47 bits per heavy atom. The van der Waals surface area contributed by atoms with Crippen LogP contribution in [0.3, 0.4) is 0 Å². The van der Waals surface area contributed by atoms with E-state index in [1.165, 1.54) is 0 Å². The largest absolute Gasteiger partial charge is 0.460 e. The summed E-state index contributed by atoms with van der Waals surface area (Å²) in [5.41, 5.74) is 2.50. The van der Waals surface area contributed by atoms with Crippen LogP contribution in [0.15, 0.2) is 47.1 Å². The molecule has 1 fully saturated rings. The van der Waals surface area contributed by atoms with Gasteiger partial charge in [0.05, 0.1) is 11.6 Å². The van der Waals surface area contributed by atoms with Crippen LogP contribution in [0.25, 0.3) is 6.08 Å². The Labute approximate surface area is 203 Å². The average molecular weight is 487 g/mol. The van der Waals surface area contributed by atoms with E-state index in [0.29, 0.717) is 6.42 Å². The van der Waals surface area contributed by atoms with Crippen LogP contribution < -0.4 is 4.74 Å². The standard InChI is InChI=1S/C25H27ClN2O6/c1-25(2)9-15(7-16(10-25)17(11-27)12-28)4-3-14-5-6-19(18(26)8-14)33-24-23(32)22(31)21(30)20(13-29)34-24/h3-8,20-24,29-32H,9-10,13H2,1-2H3/b4-3+/t20-,21+,22+,23-,24?/m1/s1. The highest BCUT2D eigenvalue weighted by atomic mass is 35.5. The molecule has 0 saturated carbocycles. The summed E-state index contributed by atoms with van der Waals surface area (Å²) in [5.74, 6) is 0.194. The summed E-state index contributed by atoms with van der Waals surface area (Å²) in [6.07, 6.45) is 0.0958. The molecular formula is C25H27ClN2O6. The van der Waals surface area contributed by atoms with Crippen LogP contribution >= 0.6 is 11.6 Å². The van der Waals surface area contributed by atoms with Crippen molar-refractivity contribution in [2.45, 2.75) is 57.4 Å². The van der Waals surface area contributed by atoms with Crippen LogP contribution in [0, 0.1) is 28.1 Å². The van der Waals surface area contributed by atoms with Crippen molar-refractivity contribution >= 4 is 17.7 Å². The molecule has 0 amide bonds. The smallest absolute Gasteiger partial charge is 0.229 e. The second-order valence-corrected chi connectivity index (χ2v) is 9.61. The number of benzene rings is 1. The number of allylic oxidation sites excluding steroid dienone is 5. The fourth-order valence-corrected chi connectivity index (χ4v) is 4.34. The van der Waals surface area contributed by atoms with Crippen molar-refractivity contribution in [1.82, 2.24) is 0 Å². The van der Waals surface area contributed by atoms with Gasteiger partial charge >= 0.3 is 0 Å². The molecule has 9 heteroatoms. The van der Waals surface area contributed by atoms with Gasteiger partial charge in [0.25, 0.3) is 0 Å². The van der Waals surface area contributed by atoms with E-state index in [0.717, 1.165) is 23.1 Å². The number of nitriles is 2. The lowest BCUT2D eigenvalue weighted by Crippen LogP contribution is -2.60. The molecular weight excluding hydrogens is 460 g/mol. The minimum absolute atomic E-state index is 0.0938. The van der Waals surface area contributed by atoms with E-state index < -0.39 is 37.3 Å². The van der Waals surface area contributed by atoms with E-state index in [9.17, 15) is 30.9 Å². The number of aliphatic hydroxyl groups excluding tert-OH is 4. The summed E-state index contributed by atoms with van der Waals surface area (Å²) >= 11 is 6.35. The molecule has 0 bridgehead atoms. The van der Waals surface area contributed by atoms with Crippen LogP contribution in [0.2, 0.25) is 5.02 Å². The maximum absolute atomic E-state index is 10.1. The summed E-state index contributed by atoms with van der Waals surface area (Å²) in [6, 6.07) is 8.90. The first-order chi connectivity index (χ1) is 16.1. The molecule has 1 aliphatic heterocycles. The number of rotatable bonds is 5. The molecule has 1 heterocycles. The highest BCUT2D eigenvalue weighted by Gasteiger charge is 2.44. The minimum Gasteiger partial charge on any atom is -0.460 e. The van der Waals surface area contributed by atoms with Gasteiger partial charge < -0.3 is 29.9 Å². The first-order valence-electron chi connectivity index (χ1n) is 10.8. The van der Waals surface area contributed by atoms with E-state index in [1.807, 2.05) is 30.4 Å². The first kappa shape index (κ1) is 25.9. The van der Waals surface area contributed by atoms with Gasteiger partial charge in [-0.3, -0.25) is 0 Å². The quantitative estimate of drug-likeness (QED) is 0.464. The normalized spacial score (nSPS) is 28.7. The molecule has 0 radical (unpaired) electrons. The highest BCUT2D eigenvalue weighted by molar-refractivity contribution is 6.32. The lowest BCUT2D eigenvalue weighted by Gasteiger charge is -2.39. The molecule has 1 unspecified atom stereocenters. The summed E-state index contributed by atoms with van der Waals surface area (Å²) in [7, 11) is 0. The average Bonchev–Trinajstić information content (AvgIpc) is 2.79. The topological polar surface area (TPSA) is 147 Å². The molecule has 1 aliphatic carbocycles. The molecule has 1 aromatic carbocycles. The molecule has 3 rings (SSSR count). The van der Waals surface area contributed by atoms with E-state index in [1.54, 1.807) is 18.2 Å². The third kappa shape index (κ3) is 5.86. The molecule has 34 heavy (non-hydrogen) atoms. The maximum atomic E-state index is 10.1. The minimum atomic E-state index is -1.55. The molecule has 1 aromatic rings. The van der Waals surface area contributed by atoms with Gasteiger partial charge in [-0.05, 0) is 47.1 Å². The zero-order chi connectivity index (χ0) is 25.0. The molecule has 0 spiro atoms. The second-order valence-electron chi connectivity index (χ2n) is 9.20. The van der Waals surface area contributed by atoms with Crippen molar-refractivity contribution in [3.8, 4) is 17.9 Å². The number of ether oxygens (including phenoxy) is 2. The van der Waals surface area contributed by atoms with Crippen LogP contribution in [0.4, 0.5) is 0 Å². The molecule has 2 aliphatic rings. The number of aliphatic hydroxyl groups is 4. The van der Waals surface area contributed by atoms with Gasteiger partial charge in [0.1, 0.15) is 47.9 Å². The van der Waals surface area contributed by atoms with Crippen molar-refractivity contribution in [2.75, 3.05) is 6.61 Å². The lowest BCUT2D eigenvalue weighted by atomic mass is 9.74. The zero-order valence-electron chi connectivity index (χ0n) is 18.8. The summed E-state index contributed by atoms with van der Waals surface area (Å²) in [4.78, 5) is 0. The Kier molecular flexibility index (Phi) is 8.17. The van der Waals surface area contributed by atoms with Crippen LogP contribution in [-0.4, -0.2) is 57.7 Å². The third-order valence-corrected chi connectivity index (χ3v) is 6.09. The molecule has 1 saturated heterocycles. The van der Waals surface area contributed by atoms with Gasteiger partial charge in [0, 0.05) is 0 Å². The predicted octanol–water partition coefficient (Wildman–Crippen LogP) is 2.62. The molecule has 4 N–H and O–H groups in total. The first-order valence-corrected chi connectivity index (χ1v) is 11.1. The summed E-state index contributed by atoms with van der Waals surface area (Å²) in [6.45, 7) is 3.61. The molecule has 0 aromatic heterocycles. The number of hydrogen-bond acceptors (Lipinski definition) is 8. The SMILES string of the molecule is CC1(C)CC(/C=C/c2ccc(OC3O[C@H](CO)[C@H](O)[C@H](O)[C@H]3O)c(Cl)c2)=CC(=C(C#N)C#N)C1. The predicted molar refractivity (Wildman–Crippen MR) is 124 cm³/mol. The Hall–Kier alpha value is -2.69. The van der Waals surface area contributed by atoms with Crippen LogP contribution in [-0.2, 0) is 4.74 Å². The number of nitrogens with zero attached hydrogens (tertiary/aromatic N) is 2. The van der Waals surface area contributed by atoms with E-state index in [4.69, 9.17) is 21.1 Å². The van der Waals surface area contributed by atoms with Crippen LogP contribution in [0.5, 0.6) is 5.75 Å². The van der Waals surface area contributed by atoms with Crippen molar-refractivity contribution in [3.63, 3.8) is 0 Å². The van der Waals surface area contributed by atoms with Gasteiger partial charge in [-0.15, -0.1) is 0 Å². The Morgan fingerprint density at radius 2 is 1.85 bits per heavy atom. The Morgan fingerprint density at radius 1 is 1.15 bits per heavy atom. The maximum Gasteiger partial charge on any atom is 0.229 e. The van der Waals surface area contributed by atoms with Crippen molar-refractivity contribution in [2.24, 2.45) is 5.41 Å². The van der Waals surface area contributed by atoms with Gasteiger partial charge in [-0.2, -0.15) is 10.5 Å². The second kappa shape index (κ2) is 10.7. The van der Waals surface area contributed by atoms with Gasteiger partial charge in [0.2, 0.25) is 6.29 Å². The van der Waals surface area contributed by atoms with E-state index in [-0.39, 0.29) is 21.8 Å². The zero-order valence-corrected chi connectivity index (χ0v) is 19.6. The number of halogens is 1. The highest BCUT2D eigenvalue weighted by Crippen LogP contribution is 2.39. The Balaban J connectivity index is 1.77. The van der Waals surface area contributed by atoms with Crippen molar-refractivity contribution in [3.05, 3.63) is 57.7 Å². The molecule has 5 atom stereocenters. The fraction of sp³-hybridized carbons (Fsp3) is 0.440. The fourth-order valence-electron chi connectivity index (χ4n) is 4.10. The third-order valence-electron chi connectivity index (χ3n) is 5.79. The molecule has 180 valence electrons. The van der Waals surface area contributed by atoms with Gasteiger partial charge in [-0.1, -0.05) is 49.7 Å². The van der Waals surface area contributed by atoms with Crippen molar-refractivity contribution in [1.29, 1.82) is 10.5 Å². The van der Waals surface area contributed by atoms with E-state index >= 15 is 0 Å². The van der Waals surface area contributed by atoms with Crippen molar-refractivity contribution < 1.29 is 29.9 Å². The van der Waals surface area contributed by atoms with Crippen LogP contribution in [0.1, 0.15) is 32.3 Å². The van der Waals surface area contributed by atoms with E-state index in [2.05, 4.69) is 13.8 Å². The Bertz CT molecular complexity index is 1080. The summed E-state index contributed by atoms with van der Waals surface area (Å²) < 4.78 is 11.0. The molecule has 8 nitrogen and oxygen atoms in total. The number of hydrogen-bond donors (Lipinski definition) is 4. The van der Waals surface area contributed by atoms with Gasteiger partial charge in [0.15, 0.2) is 0 Å². The van der Waals surface area contributed by atoms with Gasteiger partial charge in [-0.25, -0.2) is 0 Å². The summed E-state index contributed by atoms with van der Waals surface area (Å²) in [5, 5.41) is 57.9. The monoisotopic (exact) mass is 486 g/mol. The lowest BCUT2D eigenvalue weighted by molar-refractivity contribution is -0.277.